The van der Waals surface area contributed by atoms with E-state index in [0.717, 1.165) is 10.8 Å². The highest BCUT2D eigenvalue weighted by molar-refractivity contribution is 7.89. The first-order chi connectivity index (χ1) is 15.5. The second-order valence-electron chi connectivity index (χ2n) is 7.62. The maximum Gasteiger partial charge on any atom is 0.324 e. The van der Waals surface area contributed by atoms with Gasteiger partial charge >= 0.3 is 5.97 Å². The zero-order valence-corrected chi connectivity index (χ0v) is 18.3. The van der Waals surface area contributed by atoms with E-state index < -0.39 is 34.5 Å². The van der Waals surface area contributed by atoms with E-state index in [2.05, 4.69) is 5.32 Å². The Labute approximate surface area is 187 Å². The molecule has 1 aliphatic heterocycles. The Morgan fingerprint density at radius 1 is 0.938 bits per heavy atom. The fourth-order valence-corrected chi connectivity index (χ4v) is 5.58. The second-order valence-corrected chi connectivity index (χ2v) is 9.51. The van der Waals surface area contributed by atoms with Gasteiger partial charge in [-0.1, -0.05) is 54.6 Å². The van der Waals surface area contributed by atoms with E-state index in [1.807, 2.05) is 36.4 Å². The number of sulfonamides is 1. The van der Waals surface area contributed by atoms with E-state index >= 15 is 0 Å². The van der Waals surface area contributed by atoms with Gasteiger partial charge in [0.1, 0.15) is 6.04 Å². The molecular weight excluding hydrogens is 428 g/mol. The second kappa shape index (κ2) is 9.50. The number of nitrogens with one attached hydrogen (secondary N) is 1. The summed E-state index contributed by atoms with van der Waals surface area (Å²) in [5.41, 5.74) is 0.620. The molecule has 1 amide bonds. The van der Waals surface area contributed by atoms with Gasteiger partial charge in [-0.15, -0.1) is 0 Å². The number of carbonyl (C=O) groups excluding carboxylic acids is 2. The molecule has 0 radical (unpaired) electrons. The maximum absolute atomic E-state index is 13.0. The van der Waals surface area contributed by atoms with Crippen LogP contribution in [0.25, 0.3) is 10.8 Å². The Kier molecular flexibility index (Phi) is 6.53. The minimum atomic E-state index is -3.84. The summed E-state index contributed by atoms with van der Waals surface area (Å²) in [6.07, 6.45) is 1.73. The topological polar surface area (TPSA) is 92.8 Å². The van der Waals surface area contributed by atoms with Crippen molar-refractivity contribution in [2.45, 2.75) is 30.2 Å². The van der Waals surface area contributed by atoms with Crippen molar-refractivity contribution in [2.75, 3.05) is 18.5 Å². The predicted octanol–water partition coefficient (Wildman–Crippen LogP) is 3.56. The monoisotopic (exact) mass is 452 g/mol. The lowest BCUT2D eigenvalue weighted by atomic mass is 10.1. The first-order valence-corrected chi connectivity index (χ1v) is 11.9. The molecule has 1 N–H and O–H groups in total. The Balaban J connectivity index is 1.42. The lowest BCUT2D eigenvalue weighted by Gasteiger charge is -2.32. The number of esters is 1. The molecule has 4 rings (SSSR count). The van der Waals surface area contributed by atoms with Gasteiger partial charge in [0.15, 0.2) is 6.61 Å². The summed E-state index contributed by atoms with van der Waals surface area (Å²) in [4.78, 5) is 25.3. The number of ether oxygens (including phenoxy) is 1. The minimum Gasteiger partial charge on any atom is -0.454 e. The van der Waals surface area contributed by atoms with Gasteiger partial charge in [0.05, 0.1) is 4.90 Å². The predicted molar refractivity (Wildman–Crippen MR) is 122 cm³/mol. The molecule has 0 aromatic heterocycles. The van der Waals surface area contributed by atoms with Crippen molar-refractivity contribution in [1.82, 2.24) is 4.31 Å². The van der Waals surface area contributed by atoms with Crippen molar-refractivity contribution in [3.63, 3.8) is 0 Å². The standard InChI is InChI=1S/C24H24N2O5S/c27-23(25-21-14-8-10-18-9-4-5-13-20(18)21)17-31-24(28)22-15-6-7-16-26(22)32(29,30)19-11-2-1-3-12-19/h1-5,8-14,22H,6-7,15-17H2,(H,25,27). The van der Waals surface area contributed by atoms with Crippen LogP contribution in [0.2, 0.25) is 0 Å². The average molecular weight is 453 g/mol. The smallest absolute Gasteiger partial charge is 0.324 e. The molecule has 1 heterocycles. The molecular formula is C24H24N2O5S. The maximum atomic E-state index is 13.0. The van der Waals surface area contributed by atoms with Crippen LogP contribution >= 0.6 is 0 Å². The van der Waals surface area contributed by atoms with Crippen LogP contribution in [0.4, 0.5) is 5.69 Å². The molecule has 0 aliphatic carbocycles. The van der Waals surface area contributed by atoms with Crippen molar-refractivity contribution in [3.05, 3.63) is 72.8 Å². The number of piperidine rings is 1. The number of hydrogen-bond donors (Lipinski definition) is 1. The lowest BCUT2D eigenvalue weighted by Crippen LogP contribution is -2.48. The van der Waals surface area contributed by atoms with Gasteiger partial charge in [-0.2, -0.15) is 4.31 Å². The highest BCUT2D eigenvalue weighted by Crippen LogP contribution is 2.26. The van der Waals surface area contributed by atoms with Crippen molar-refractivity contribution in [1.29, 1.82) is 0 Å². The molecule has 3 aromatic carbocycles. The molecule has 166 valence electrons. The van der Waals surface area contributed by atoms with E-state index in [4.69, 9.17) is 4.74 Å². The first-order valence-electron chi connectivity index (χ1n) is 10.5. The van der Waals surface area contributed by atoms with Gasteiger partial charge in [0.25, 0.3) is 5.91 Å². The molecule has 32 heavy (non-hydrogen) atoms. The lowest BCUT2D eigenvalue weighted by molar-refractivity contribution is -0.152. The van der Waals surface area contributed by atoms with Crippen molar-refractivity contribution in [2.24, 2.45) is 0 Å². The van der Waals surface area contributed by atoms with Crippen molar-refractivity contribution in [3.8, 4) is 0 Å². The molecule has 3 aromatic rings. The van der Waals surface area contributed by atoms with Crippen LogP contribution in [0.15, 0.2) is 77.7 Å². The van der Waals surface area contributed by atoms with Crippen LogP contribution in [0.1, 0.15) is 19.3 Å². The van der Waals surface area contributed by atoms with E-state index in [1.54, 1.807) is 24.3 Å². The van der Waals surface area contributed by atoms with E-state index in [1.165, 1.54) is 16.4 Å². The Bertz CT molecular complexity index is 1220. The van der Waals surface area contributed by atoms with Gasteiger partial charge < -0.3 is 10.1 Å². The number of fused-ring (bicyclic) bond motifs is 1. The Morgan fingerprint density at radius 3 is 2.47 bits per heavy atom. The van der Waals surface area contributed by atoms with Crippen molar-refractivity contribution < 1.29 is 22.7 Å². The van der Waals surface area contributed by atoms with E-state index in [9.17, 15) is 18.0 Å². The van der Waals surface area contributed by atoms with Crippen LogP contribution in [-0.4, -0.2) is 43.8 Å². The molecule has 1 aliphatic rings. The summed E-state index contributed by atoms with van der Waals surface area (Å²) in [6, 6.07) is 20.2. The summed E-state index contributed by atoms with van der Waals surface area (Å²) >= 11 is 0. The quantitative estimate of drug-likeness (QED) is 0.577. The van der Waals surface area contributed by atoms with Gasteiger partial charge in [-0.25, -0.2) is 8.42 Å². The Morgan fingerprint density at radius 2 is 1.66 bits per heavy atom. The minimum absolute atomic E-state index is 0.133. The van der Waals surface area contributed by atoms with Crippen LogP contribution < -0.4 is 5.32 Å². The normalized spacial score (nSPS) is 17.1. The highest BCUT2D eigenvalue weighted by atomic mass is 32.2. The summed E-state index contributed by atoms with van der Waals surface area (Å²) in [6.45, 7) is -0.253. The third-order valence-electron chi connectivity index (χ3n) is 5.48. The fraction of sp³-hybridized carbons (Fsp3) is 0.250. The van der Waals surface area contributed by atoms with Gasteiger partial charge in [0.2, 0.25) is 10.0 Å². The number of carbonyl (C=O) groups is 2. The summed E-state index contributed by atoms with van der Waals surface area (Å²) in [5.74, 6) is -1.19. The number of amides is 1. The largest absolute Gasteiger partial charge is 0.454 e. The third-order valence-corrected chi connectivity index (χ3v) is 7.41. The van der Waals surface area contributed by atoms with Crippen LogP contribution in [0, 0.1) is 0 Å². The van der Waals surface area contributed by atoms with Gasteiger partial charge in [0, 0.05) is 17.6 Å². The number of nitrogens with zero attached hydrogens (tertiary/aromatic N) is 1. The SMILES string of the molecule is O=C(COC(=O)C1CCCCN1S(=O)(=O)c1ccccc1)Nc1cccc2ccccc12. The number of hydrogen-bond acceptors (Lipinski definition) is 5. The molecule has 0 spiro atoms. The first kappa shape index (κ1) is 22.0. The molecule has 8 heteroatoms. The molecule has 1 saturated heterocycles. The van der Waals surface area contributed by atoms with Crippen LogP contribution in [0.3, 0.4) is 0 Å². The average Bonchev–Trinajstić information content (AvgIpc) is 2.83. The summed E-state index contributed by atoms with van der Waals surface area (Å²) in [7, 11) is -3.84. The summed E-state index contributed by atoms with van der Waals surface area (Å²) < 4.78 is 32.5. The van der Waals surface area contributed by atoms with Gasteiger partial charge in [-0.3, -0.25) is 9.59 Å². The Hall–Kier alpha value is -3.23. The number of rotatable bonds is 6. The summed E-state index contributed by atoms with van der Waals surface area (Å²) in [5, 5.41) is 4.62. The van der Waals surface area contributed by atoms with Crippen LogP contribution in [0.5, 0.6) is 0 Å². The zero-order valence-electron chi connectivity index (χ0n) is 17.4. The van der Waals surface area contributed by atoms with Crippen molar-refractivity contribution >= 4 is 38.4 Å². The number of benzene rings is 3. The molecule has 7 nitrogen and oxygen atoms in total. The third kappa shape index (κ3) is 4.66. The zero-order chi connectivity index (χ0) is 22.6. The molecule has 0 bridgehead atoms. The highest BCUT2D eigenvalue weighted by Gasteiger charge is 2.38. The molecule has 1 atom stereocenters. The van der Waals surface area contributed by atoms with E-state index in [-0.39, 0.29) is 11.4 Å². The van der Waals surface area contributed by atoms with E-state index in [0.29, 0.717) is 24.9 Å². The van der Waals surface area contributed by atoms with Gasteiger partial charge in [-0.05, 0) is 42.8 Å². The van der Waals surface area contributed by atoms with Crippen LogP contribution in [-0.2, 0) is 24.3 Å². The fourth-order valence-electron chi connectivity index (χ4n) is 3.91. The molecule has 1 unspecified atom stereocenters. The number of anilines is 1. The molecule has 0 saturated carbocycles. The molecule has 1 fully saturated rings.